The molecule has 7 heteroatoms. The van der Waals surface area contributed by atoms with Gasteiger partial charge < -0.3 is 11.5 Å². The smallest absolute Gasteiger partial charge is 1.00 e. The van der Waals surface area contributed by atoms with E-state index in [0.29, 0.717) is 6.42 Å². The van der Waals surface area contributed by atoms with Crippen LogP contribution in [-0.4, -0.2) is 32.4 Å². The Morgan fingerprint density at radius 3 is 2.50 bits per heavy atom. The Bertz CT molecular complexity index is 485. The van der Waals surface area contributed by atoms with Gasteiger partial charge >= 0.3 is 29.6 Å². The largest absolute Gasteiger partial charge is 1.00 e. The Hall–Kier alpha value is -0.270. The maximum atomic E-state index is 10.5. The van der Waals surface area contributed by atoms with Crippen molar-refractivity contribution in [3.8, 4) is 5.75 Å². The van der Waals surface area contributed by atoms with Crippen LogP contribution in [-0.2, 0) is 10.1 Å². The Labute approximate surface area is 144 Å². The molecule has 0 bridgehead atoms. The fraction of sp³-hybridized carbons (Fsp3) is 0.538. The SMILES string of the molecule is COc1ccccc1NCCCCCCS(=O)(=O)O.[H-].[Na+]. The van der Waals surface area contributed by atoms with Gasteiger partial charge in [0.05, 0.1) is 18.6 Å². The molecule has 1 aromatic rings. The van der Waals surface area contributed by atoms with Gasteiger partial charge in [-0.15, -0.1) is 0 Å². The Morgan fingerprint density at radius 2 is 1.85 bits per heavy atom. The van der Waals surface area contributed by atoms with E-state index in [1.54, 1.807) is 7.11 Å². The maximum Gasteiger partial charge on any atom is 1.00 e. The summed E-state index contributed by atoms with van der Waals surface area (Å²) in [4.78, 5) is 0. The van der Waals surface area contributed by atoms with Crippen molar-refractivity contribution in [2.45, 2.75) is 25.7 Å². The molecule has 0 aromatic heterocycles. The number of nitrogens with one attached hydrogen (secondary N) is 1. The van der Waals surface area contributed by atoms with Crippen molar-refractivity contribution >= 4 is 15.8 Å². The molecule has 0 spiro atoms. The summed E-state index contributed by atoms with van der Waals surface area (Å²) in [5, 5.41) is 3.28. The minimum atomic E-state index is -3.80. The summed E-state index contributed by atoms with van der Waals surface area (Å²) in [6.45, 7) is 0.812. The van der Waals surface area contributed by atoms with E-state index in [1.807, 2.05) is 24.3 Å². The van der Waals surface area contributed by atoms with E-state index < -0.39 is 10.1 Å². The number of unbranched alkanes of at least 4 members (excludes halogenated alkanes) is 3. The summed E-state index contributed by atoms with van der Waals surface area (Å²) < 4.78 is 34.8. The molecule has 2 N–H and O–H groups in total. The van der Waals surface area contributed by atoms with Crippen LogP contribution in [0.15, 0.2) is 24.3 Å². The summed E-state index contributed by atoms with van der Waals surface area (Å²) in [6, 6.07) is 7.71. The number of ether oxygens (including phenoxy) is 1. The van der Waals surface area contributed by atoms with Crippen molar-refractivity contribution in [3.05, 3.63) is 24.3 Å². The summed E-state index contributed by atoms with van der Waals surface area (Å²) >= 11 is 0. The van der Waals surface area contributed by atoms with E-state index in [0.717, 1.165) is 37.2 Å². The predicted molar refractivity (Wildman–Crippen MR) is 77.5 cm³/mol. The van der Waals surface area contributed by atoms with Crippen LogP contribution in [0.25, 0.3) is 0 Å². The zero-order valence-electron chi connectivity index (χ0n) is 13.1. The number of rotatable bonds is 9. The first-order valence-corrected chi connectivity index (χ1v) is 7.96. The molecular weight excluding hydrogens is 289 g/mol. The molecule has 0 atom stereocenters. The molecule has 20 heavy (non-hydrogen) atoms. The van der Waals surface area contributed by atoms with Crippen molar-refractivity contribution in [1.29, 1.82) is 0 Å². The quantitative estimate of drug-likeness (QED) is 0.371. The van der Waals surface area contributed by atoms with Crippen LogP contribution < -0.4 is 39.6 Å². The zero-order chi connectivity index (χ0) is 14.1. The van der Waals surface area contributed by atoms with E-state index in [9.17, 15) is 8.42 Å². The van der Waals surface area contributed by atoms with E-state index in [2.05, 4.69) is 5.32 Å². The Morgan fingerprint density at radius 1 is 1.20 bits per heavy atom. The first-order chi connectivity index (χ1) is 9.03. The fourth-order valence-electron chi connectivity index (χ4n) is 1.78. The minimum Gasteiger partial charge on any atom is -1.00 e. The number of hydrogen-bond donors (Lipinski definition) is 2. The molecule has 0 aliphatic heterocycles. The predicted octanol–water partition coefficient (Wildman–Crippen LogP) is -0.328. The zero-order valence-corrected chi connectivity index (χ0v) is 14.9. The van der Waals surface area contributed by atoms with Gasteiger partial charge in [-0.05, 0) is 25.0 Å². The summed E-state index contributed by atoms with van der Waals surface area (Å²) in [5.74, 6) is 0.668. The molecule has 1 aromatic carbocycles. The van der Waals surface area contributed by atoms with Gasteiger partial charge in [-0.3, -0.25) is 4.55 Å². The molecule has 5 nitrogen and oxygen atoms in total. The molecule has 0 saturated carbocycles. The third-order valence-corrected chi connectivity index (χ3v) is 3.56. The molecule has 0 radical (unpaired) electrons. The number of anilines is 1. The summed E-state index contributed by atoms with van der Waals surface area (Å²) in [5.41, 5.74) is 0.961. The second-order valence-corrected chi connectivity index (χ2v) is 5.90. The van der Waals surface area contributed by atoms with Gasteiger partial charge in [0, 0.05) is 6.54 Å². The van der Waals surface area contributed by atoms with Crippen molar-refractivity contribution in [1.82, 2.24) is 0 Å². The molecule has 0 unspecified atom stereocenters. The third kappa shape index (κ3) is 8.81. The van der Waals surface area contributed by atoms with Crippen LogP contribution in [0.4, 0.5) is 5.69 Å². The van der Waals surface area contributed by atoms with Crippen molar-refractivity contribution in [3.63, 3.8) is 0 Å². The van der Waals surface area contributed by atoms with Crippen LogP contribution in [0.5, 0.6) is 5.75 Å². The fourth-order valence-corrected chi connectivity index (χ4v) is 2.35. The molecule has 0 heterocycles. The molecular formula is C13H22NNaO4S. The van der Waals surface area contributed by atoms with Crippen LogP contribution in [0.2, 0.25) is 0 Å². The average molecular weight is 311 g/mol. The van der Waals surface area contributed by atoms with Gasteiger partial charge in [0.25, 0.3) is 10.1 Å². The number of methoxy groups -OCH3 is 1. The van der Waals surface area contributed by atoms with Gasteiger partial charge in [-0.2, -0.15) is 8.42 Å². The molecule has 0 aliphatic carbocycles. The van der Waals surface area contributed by atoms with Gasteiger partial charge in [-0.25, -0.2) is 0 Å². The Kier molecular flexibility index (Phi) is 10.3. The standard InChI is InChI=1S/C13H21NO4S.Na.H/c1-18-13-9-5-4-8-12(13)14-10-6-2-3-7-11-19(15,16)17;;/h4-5,8-9,14H,2-3,6-7,10-11H2,1H3,(H,15,16,17);;/q;+1;-1. The van der Waals surface area contributed by atoms with Crippen LogP contribution >= 0.6 is 0 Å². The summed E-state index contributed by atoms with van der Waals surface area (Å²) in [7, 11) is -2.17. The van der Waals surface area contributed by atoms with Gasteiger partial charge in [0.15, 0.2) is 0 Å². The topological polar surface area (TPSA) is 75.6 Å². The van der Waals surface area contributed by atoms with E-state index in [-0.39, 0.29) is 36.7 Å². The minimum absolute atomic E-state index is 0. The maximum absolute atomic E-state index is 10.5. The number of para-hydroxylation sites is 2. The van der Waals surface area contributed by atoms with Crippen LogP contribution in [0, 0.1) is 0 Å². The van der Waals surface area contributed by atoms with Gasteiger partial charge in [0.1, 0.15) is 5.75 Å². The van der Waals surface area contributed by atoms with Gasteiger partial charge in [-0.1, -0.05) is 25.0 Å². The molecule has 0 fully saturated rings. The van der Waals surface area contributed by atoms with Gasteiger partial charge in [0.2, 0.25) is 0 Å². The number of hydrogen-bond acceptors (Lipinski definition) is 4. The summed E-state index contributed by atoms with van der Waals surface area (Å²) in [6.07, 6.45) is 3.18. The van der Waals surface area contributed by atoms with Crippen molar-refractivity contribution in [2.75, 3.05) is 24.7 Å². The molecule has 0 aliphatic rings. The monoisotopic (exact) mass is 311 g/mol. The van der Waals surface area contributed by atoms with E-state index >= 15 is 0 Å². The van der Waals surface area contributed by atoms with Crippen LogP contribution in [0.1, 0.15) is 27.1 Å². The molecule has 0 saturated heterocycles. The second kappa shape index (κ2) is 10.5. The normalized spacial score (nSPS) is 10.7. The average Bonchev–Trinajstić information content (AvgIpc) is 2.37. The number of benzene rings is 1. The Balaban J connectivity index is 0. The second-order valence-electron chi connectivity index (χ2n) is 4.33. The van der Waals surface area contributed by atoms with Crippen LogP contribution in [0.3, 0.4) is 0 Å². The molecule has 110 valence electrons. The molecule has 1 rings (SSSR count). The first-order valence-electron chi connectivity index (χ1n) is 6.35. The van der Waals surface area contributed by atoms with E-state index in [1.165, 1.54) is 0 Å². The molecule has 0 amide bonds. The first kappa shape index (κ1) is 19.7. The van der Waals surface area contributed by atoms with Crippen molar-refractivity contribution in [2.24, 2.45) is 0 Å². The third-order valence-electron chi connectivity index (χ3n) is 2.75. The van der Waals surface area contributed by atoms with E-state index in [4.69, 9.17) is 9.29 Å². The van der Waals surface area contributed by atoms with Crippen molar-refractivity contribution < 1.29 is 48.7 Å².